The van der Waals surface area contributed by atoms with E-state index in [-0.39, 0.29) is 16.7 Å². The molecular formula is C44H42O4. The second-order valence-electron chi connectivity index (χ2n) is 13.0. The van der Waals surface area contributed by atoms with Crippen molar-refractivity contribution >= 4 is 0 Å². The van der Waals surface area contributed by atoms with Crippen molar-refractivity contribution in [3.63, 3.8) is 0 Å². The van der Waals surface area contributed by atoms with Crippen molar-refractivity contribution in [1.82, 2.24) is 0 Å². The number of methoxy groups -OCH3 is 2. The molecule has 4 nitrogen and oxygen atoms in total. The molecule has 242 valence electrons. The van der Waals surface area contributed by atoms with Crippen molar-refractivity contribution in [3.05, 3.63) is 179 Å². The number of fused-ring (bicyclic) bond motifs is 3. The molecule has 4 heteroatoms. The standard InChI is InChI=1S/C44H42O4/c1-43(2,31-13-21-35(45-3)22-14-31)32-15-25-37(26-16-32)47-29-30-48-38-27-19-34(20-28-38)44(33-17-23-36(46-4)24-18-33)41-11-7-5-9-39(41)40-10-6-8-12-42(40)44/h5-28,39,41H,29-30H2,1-4H3. The predicted octanol–water partition coefficient (Wildman–Crippen LogP) is 9.66. The molecule has 0 heterocycles. The van der Waals surface area contributed by atoms with Gasteiger partial charge in [0.05, 0.1) is 19.6 Å². The lowest BCUT2D eigenvalue weighted by Crippen LogP contribution is -2.35. The van der Waals surface area contributed by atoms with Crippen LogP contribution in [-0.4, -0.2) is 27.4 Å². The van der Waals surface area contributed by atoms with Crippen LogP contribution in [0.25, 0.3) is 0 Å². The maximum Gasteiger partial charge on any atom is 0.122 e. The minimum absolute atomic E-state index is 0.141. The Morgan fingerprint density at radius 3 is 1.54 bits per heavy atom. The van der Waals surface area contributed by atoms with E-state index >= 15 is 0 Å². The van der Waals surface area contributed by atoms with Gasteiger partial charge in [0, 0.05) is 17.3 Å². The van der Waals surface area contributed by atoms with Gasteiger partial charge in [-0.15, -0.1) is 0 Å². The number of rotatable bonds is 11. The summed E-state index contributed by atoms with van der Waals surface area (Å²) in [4.78, 5) is 0. The molecule has 3 atom stereocenters. The number of benzene rings is 5. The van der Waals surface area contributed by atoms with Crippen LogP contribution in [0.2, 0.25) is 0 Å². The molecule has 0 amide bonds. The second-order valence-corrected chi connectivity index (χ2v) is 13.0. The number of hydrogen-bond donors (Lipinski definition) is 0. The van der Waals surface area contributed by atoms with E-state index in [9.17, 15) is 0 Å². The minimum Gasteiger partial charge on any atom is -0.497 e. The van der Waals surface area contributed by atoms with Crippen LogP contribution < -0.4 is 18.9 Å². The highest BCUT2D eigenvalue weighted by atomic mass is 16.5. The molecule has 2 aliphatic carbocycles. The topological polar surface area (TPSA) is 36.9 Å². The first-order valence-corrected chi connectivity index (χ1v) is 16.7. The molecule has 3 unspecified atom stereocenters. The summed E-state index contributed by atoms with van der Waals surface area (Å²) in [5, 5.41) is 0. The fourth-order valence-electron chi connectivity index (χ4n) is 7.64. The molecule has 48 heavy (non-hydrogen) atoms. The van der Waals surface area contributed by atoms with Gasteiger partial charge in [-0.05, 0) is 81.9 Å². The van der Waals surface area contributed by atoms with Gasteiger partial charge in [-0.2, -0.15) is 0 Å². The Kier molecular flexibility index (Phi) is 8.58. The quantitative estimate of drug-likeness (QED) is 0.136. The summed E-state index contributed by atoms with van der Waals surface area (Å²) in [6, 6.07) is 42.8. The van der Waals surface area contributed by atoms with Gasteiger partial charge in [0.15, 0.2) is 0 Å². The van der Waals surface area contributed by atoms with Gasteiger partial charge in [-0.1, -0.05) is 111 Å². The van der Waals surface area contributed by atoms with E-state index in [1.807, 2.05) is 24.3 Å². The van der Waals surface area contributed by atoms with Crippen molar-refractivity contribution in [2.45, 2.75) is 30.6 Å². The third-order valence-corrected chi connectivity index (χ3v) is 10.2. The smallest absolute Gasteiger partial charge is 0.122 e. The summed E-state index contributed by atoms with van der Waals surface area (Å²) in [6.07, 6.45) is 9.10. The van der Waals surface area contributed by atoms with Gasteiger partial charge < -0.3 is 18.9 Å². The summed E-state index contributed by atoms with van der Waals surface area (Å²) in [5.41, 5.74) is 7.20. The highest BCUT2D eigenvalue weighted by molar-refractivity contribution is 5.63. The molecule has 0 spiro atoms. The summed E-state index contributed by atoms with van der Waals surface area (Å²) in [5.74, 6) is 3.93. The first-order valence-electron chi connectivity index (χ1n) is 16.7. The SMILES string of the molecule is COc1ccc(C(C)(C)c2ccc(OCCOc3ccc(C4(c5ccc(OC)cc5)c5ccccc5C5C=CC=CC54)cc3)cc2)cc1. The molecule has 0 fully saturated rings. The Morgan fingerprint density at radius 2 is 1.00 bits per heavy atom. The molecule has 0 bridgehead atoms. The summed E-state index contributed by atoms with van der Waals surface area (Å²) in [7, 11) is 3.40. The highest BCUT2D eigenvalue weighted by Crippen LogP contribution is 2.59. The fraction of sp³-hybridized carbons (Fsp3) is 0.227. The number of hydrogen-bond acceptors (Lipinski definition) is 4. The zero-order valence-electron chi connectivity index (χ0n) is 28.1. The van der Waals surface area contributed by atoms with Gasteiger partial charge >= 0.3 is 0 Å². The maximum absolute atomic E-state index is 6.17. The first kappa shape index (κ1) is 31.4. The number of ether oxygens (including phenoxy) is 4. The van der Waals surface area contributed by atoms with Crippen molar-refractivity contribution in [2.75, 3.05) is 27.4 Å². The van der Waals surface area contributed by atoms with Crippen LogP contribution in [0.15, 0.2) is 146 Å². The molecule has 0 N–H and O–H groups in total. The third-order valence-electron chi connectivity index (χ3n) is 10.2. The molecule has 7 rings (SSSR count). The van der Waals surface area contributed by atoms with E-state index in [0.717, 1.165) is 23.0 Å². The molecule has 0 saturated carbocycles. The molecule has 2 aliphatic rings. The van der Waals surface area contributed by atoms with E-state index in [1.165, 1.54) is 33.4 Å². The molecule has 0 saturated heterocycles. The molecule has 0 radical (unpaired) electrons. The molecule has 5 aromatic rings. The first-order chi connectivity index (χ1) is 23.4. The predicted molar refractivity (Wildman–Crippen MR) is 193 cm³/mol. The van der Waals surface area contributed by atoms with Crippen LogP contribution >= 0.6 is 0 Å². The van der Waals surface area contributed by atoms with Crippen molar-refractivity contribution < 1.29 is 18.9 Å². The minimum atomic E-state index is -0.343. The maximum atomic E-state index is 6.17. The Morgan fingerprint density at radius 1 is 0.542 bits per heavy atom. The van der Waals surface area contributed by atoms with Gasteiger partial charge in [0.1, 0.15) is 36.2 Å². The van der Waals surface area contributed by atoms with Crippen LogP contribution in [-0.2, 0) is 10.8 Å². The Balaban J connectivity index is 1.05. The molecule has 0 aromatic heterocycles. The Labute approximate surface area is 284 Å². The Bertz CT molecular complexity index is 1900. The lowest BCUT2D eigenvalue weighted by Gasteiger charge is -2.39. The van der Waals surface area contributed by atoms with Crippen molar-refractivity contribution in [1.29, 1.82) is 0 Å². The lowest BCUT2D eigenvalue weighted by atomic mass is 9.63. The fourth-order valence-corrected chi connectivity index (χ4v) is 7.64. The average molecular weight is 635 g/mol. The van der Waals surface area contributed by atoms with E-state index in [0.29, 0.717) is 19.1 Å². The van der Waals surface area contributed by atoms with Gasteiger partial charge in [0.2, 0.25) is 0 Å². The zero-order chi connectivity index (χ0) is 33.1. The average Bonchev–Trinajstić information content (AvgIpc) is 3.45. The largest absolute Gasteiger partial charge is 0.497 e. The number of allylic oxidation sites excluding steroid dienone is 4. The van der Waals surface area contributed by atoms with Crippen molar-refractivity contribution in [3.8, 4) is 23.0 Å². The van der Waals surface area contributed by atoms with E-state index in [1.54, 1.807) is 14.2 Å². The zero-order valence-corrected chi connectivity index (χ0v) is 28.1. The van der Waals surface area contributed by atoms with Crippen LogP contribution in [0.3, 0.4) is 0 Å². The normalized spacial score (nSPS) is 19.3. The van der Waals surface area contributed by atoms with Crippen molar-refractivity contribution in [2.24, 2.45) is 5.92 Å². The molecule has 5 aromatic carbocycles. The van der Waals surface area contributed by atoms with Crippen LogP contribution in [0.4, 0.5) is 0 Å². The second kappa shape index (κ2) is 13.1. The van der Waals surface area contributed by atoms with Crippen LogP contribution in [0.5, 0.6) is 23.0 Å². The van der Waals surface area contributed by atoms with E-state index in [2.05, 4.69) is 135 Å². The van der Waals surface area contributed by atoms with Gasteiger partial charge in [-0.3, -0.25) is 0 Å². The molecule has 0 aliphatic heterocycles. The van der Waals surface area contributed by atoms with E-state index in [4.69, 9.17) is 18.9 Å². The van der Waals surface area contributed by atoms with Crippen LogP contribution in [0.1, 0.15) is 53.1 Å². The van der Waals surface area contributed by atoms with Gasteiger partial charge in [-0.25, -0.2) is 0 Å². The van der Waals surface area contributed by atoms with Gasteiger partial charge in [0.25, 0.3) is 0 Å². The Hall–Kier alpha value is -5.22. The van der Waals surface area contributed by atoms with E-state index < -0.39 is 0 Å². The summed E-state index contributed by atoms with van der Waals surface area (Å²) < 4.78 is 23.1. The molecular weight excluding hydrogens is 592 g/mol. The summed E-state index contributed by atoms with van der Waals surface area (Å²) >= 11 is 0. The third kappa shape index (κ3) is 5.56. The monoisotopic (exact) mass is 634 g/mol. The van der Waals surface area contributed by atoms with Crippen LogP contribution in [0, 0.1) is 5.92 Å². The lowest BCUT2D eigenvalue weighted by molar-refractivity contribution is 0.217. The summed E-state index contributed by atoms with van der Waals surface area (Å²) in [6.45, 7) is 5.36. The highest BCUT2D eigenvalue weighted by Gasteiger charge is 2.52.